The molecule has 2 heteroatoms. The lowest BCUT2D eigenvalue weighted by atomic mass is 10.2. The van der Waals surface area contributed by atoms with Crippen molar-refractivity contribution in [3.8, 4) is 0 Å². The van der Waals surface area contributed by atoms with E-state index >= 15 is 0 Å². The van der Waals surface area contributed by atoms with Gasteiger partial charge in [-0.05, 0) is 13.8 Å². The Balaban J connectivity index is 3.26. The van der Waals surface area contributed by atoms with Crippen LogP contribution in [-0.4, -0.2) is 11.0 Å². The van der Waals surface area contributed by atoms with Crippen LogP contribution in [0.5, 0.6) is 0 Å². The smallest absolute Gasteiger partial charge is 0.325 e. The first-order chi connectivity index (χ1) is 2.64. The Hall–Kier alpha value is -0.530. The highest BCUT2D eigenvalue weighted by Gasteiger charge is 2.00. The summed E-state index contributed by atoms with van der Waals surface area (Å²) in [5.41, 5.74) is 0. The van der Waals surface area contributed by atoms with Gasteiger partial charge in [0.25, 0.3) is 0 Å². The van der Waals surface area contributed by atoms with Gasteiger partial charge in [0.2, 0.25) is 0 Å². The van der Waals surface area contributed by atoms with Crippen LogP contribution in [0.15, 0.2) is 0 Å². The first-order valence-corrected chi connectivity index (χ1v) is 1.94. The van der Waals surface area contributed by atoms with E-state index in [1.807, 2.05) is 13.8 Å². The van der Waals surface area contributed by atoms with Gasteiger partial charge in [-0.25, -0.2) is 5.41 Å². The molecule has 36 valence electrons. The molecular weight excluding hydrogens is 78.0 g/mol. The van der Waals surface area contributed by atoms with E-state index in [0.29, 0.717) is 0 Å². The molecule has 0 spiro atoms. The van der Waals surface area contributed by atoms with Gasteiger partial charge in [0.1, 0.15) is 0 Å². The van der Waals surface area contributed by atoms with Crippen molar-refractivity contribution in [2.75, 3.05) is 0 Å². The highest BCUT2D eigenvalue weighted by molar-refractivity contribution is 5.71. The summed E-state index contributed by atoms with van der Waals surface area (Å²) < 4.78 is 0. The van der Waals surface area contributed by atoms with Gasteiger partial charge < -0.3 is 5.11 Å². The predicted molar refractivity (Wildman–Crippen MR) is 26.2 cm³/mol. The molecule has 0 aliphatic rings. The van der Waals surface area contributed by atoms with E-state index in [1.165, 1.54) is 0 Å². The summed E-state index contributed by atoms with van der Waals surface area (Å²) in [6, 6.07) is 0. The van der Waals surface area contributed by atoms with Gasteiger partial charge in [-0.15, -0.1) is 0 Å². The van der Waals surface area contributed by atoms with Gasteiger partial charge in [0.15, 0.2) is 0 Å². The molecular formula is C4H10NO+. The monoisotopic (exact) mass is 88.1 g/mol. The van der Waals surface area contributed by atoms with Crippen LogP contribution in [0.1, 0.15) is 13.8 Å². The number of nitrogens with one attached hydrogen (secondary N) is 1. The molecule has 0 aromatic heterocycles. The van der Waals surface area contributed by atoms with E-state index in [-0.39, 0.29) is 11.8 Å². The Kier molecular flexibility index (Phi) is 1.64. The van der Waals surface area contributed by atoms with Crippen molar-refractivity contribution >= 4 is 5.90 Å². The van der Waals surface area contributed by atoms with Crippen LogP contribution in [0.25, 0.3) is 0 Å². The maximum Gasteiger partial charge on any atom is 0.325 e. The molecule has 0 saturated carbocycles. The van der Waals surface area contributed by atoms with Crippen molar-refractivity contribution in [3.05, 3.63) is 0 Å². The molecule has 0 fully saturated rings. The maximum absolute atomic E-state index is 6.62. The summed E-state index contributed by atoms with van der Waals surface area (Å²) in [4.78, 5) is 0. The molecule has 0 aromatic rings. The van der Waals surface area contributed by atoms with E-state index in [4.69, 9.17) is 10.5 Å². The van der Waals surface area contributed by atoms with Gasteiger partial charge >= 0.3 is 5.90 Å². The van der Waals surface area contributed by atoms with Crippen LogP contribution in [0, 0.1) is 11.3 Å². The van der Waals surface area contributed by atoms with Crippen LogP contribution in [0.3, 0.4) is 0 Å². The molecule has 0 rings (SSSR count). The fourth-order valence-electron chi connectivity index (χ4n) is 0. The van der Waals surface area contributed by atoms with Crippen molar-refractivity contribution in [2.45, 2.75) is 13.8 Å². The highest BCUT2D eigenvalue weighted by atomic mass is 16.3. The zero-order chi connectivity index (χ0) is 5.15. The second-order valence-electron chi connectivity index (χ2n) is 1.57. The Morgan fingerprint density at radius 1 is 1.67 bits per heavy atom. The molecule has 0 aromatic carbocycles. The zero-order valence-electron chi connectivity index (χ0n) is 4.08. The Morgan fingerprint density at radius 2 is 1.83 bits per heavy atom. The van der Waals surface area contributed by atoms with Gasteiger partial charge in [-0.1, -0.05) is 0 Å². The summed E-state index contributed by atoms with van der Waals surface area (Å²) in [5, 5.41) is 13.2. The first kappa shape index (κ1) is 5.47. The van der Waals surface area contributed by atoms with Gasteiger partial charge in [0, 0.05) is 0 Å². The fourth-order valence-corrected chi connectivity index (χ4v) is 0. The summed E-state index contributed by atoms with van der Waals surface area (Å²) in [5.74, 6) is 0.111. The molecule has 2 nitrogen and oxygen atoms in total. The third kappa shape index (κ3) is 1.76. The standard InChI is InChI=1S/C4H9NO/c1-3(2)4(5)6/h3H,1-2H3,(H2,5,6)/p+1. The second-order valence-corrected chi connectivity index (χ2v) is 1.57. The topological polar surface area (TPSA) is 46.8 Å². The lowest BCUT2D eigenvalue weighted by molar-refractivity contribution is 0.497. The van der Waals surface area contributed by atoms with Gasteiger partial charge in [-0.3, -0.25) is 0 Å². The largest absolute Gasteiger partial charge is 0.582 e. The van der Waals surface area contributed by atoms with Crippen LogP contribution in [-0.2, 0) is 0 Å². The average molecular weight is 88.1 g/mol. The molecule has 0 heterocycles. The molecule has 0 bridgehead atoms. The number of hydrogen-bond donors (Lipinski definition) is 1. The van der Waals surface area contributed by atoms with Crippen molar-refractivity contribution in [2.24, 2.45) is 5.92 Å². The van der Waals surface area contributed by atoms with E-state index < -0.39 is 0 Å². The molecule has 6 heavy (non-hydrogen) atoms. The van der Waals surface area contributed by atoms with E-state index in [1.54, 1.807) is 0 Å². The molecule has 0 unspecified atom stereocenters. The minimum Gasteiger partial charge on any atom is -0.582 e. The van der Waals surface area contributed by atoms with Crippen molar-refractivity contribution in [1.29, 1.82) is 5.41 Å². The maximum atomic E-state index is 6.62. The third-order valence-corrected chi connectivity index (χ3v) is 0.577. The van der Waals surface area contributed by atoms with Gasteiger partial charge in [-0.2, -0.15) is 0 Å². The molecule has 0 aliphatic heterocycles. The third-order valence-electron chi connectivity index (χ3n) is 0.577. The Morgan fingerprint density at radius 3 is 1.83 bits per heavy atom. The molecule has 0 aliphatic carbocycles. The predicted octanol–water partition coefficient (Wildman–Crippen LogP) is 0.344. The zero-order valence-corrected chi connectivity index (χ0v) is 4.08. The van der Waals surface area contributed by atoms with Crippen molar-refractivity contribution < 1.29 is 5.11 Å². The molecule has 0 atom stereocenters. The molecule has 0 radical (unpaired) electrons. The summed E-state index contributed by atoms with van der Waals surface area (Å²) in [7, 11) is 0. The van der Waals surface area contributed by atoms with Crippen molar-refractivity contribution in [3.63, 3.8) is 0 Å². The van der Waals surface area contributed by atoms with E-state index in [2.05, 4.69) is 0 Å². The molecule has 0 saturated heterocycles. The van der Waals surface area contributed by atoms with Gasteiger partial charge in [0.05, 0.1) is 5.92 Å². The van der Waals surface area contributed by atoms with E-state index in [0.717, 1.165) is 0 Å². The summed E-state index contributed by atoms with van der Waals surface area (Å²) in [6.45, 7) is 3.66. The summed E-state index contributed by atoms with van der Waals surface area (Å²) in [6.07, 6.45) is 0. The quantitative estimate of drug-likeness (QED) is 0.273. The Bertz CT molecular complexity index is 58.6. The molecule has 3 N–H and O–H groups in total. The first-order valence-electron chi connectivity index (χ1n) is 1.94. The number of rotatable bonds is 1. The van der Waals surface area contributed by atoms with Crippen LogP contribution < -0.4 is 0 Å². The lowest BCUT2D eigenvalue weighted by Crippen LogP contribution is -2.01. The van der Waals surface area contributed by atoms with Crippen molar-refractivity contribution in [1.82, 2.24) is 0 Å². The SMILES string of the molecule is CC(C)C(=N)[OH2+]. The van der Waals surface area contributed by atoms with Crippen LogP contribution in [0.2, 0.25) is 0 Å². The number of hydrogen-bond acceptors (Lipinski definition) is 1. The van der Waals surface area contributed by atoms with Crippen LogP contribution in [0.4, 0.5) is 0 Å². The highest BCUT2D eigenvalue weighted by Crippen LogP contribution is 1.87. The average Bonchev–Trinajstić information content (AvgIpc) is 1.36. The normalized spacial score (nSPS) is 9.17. The summed E-state index contributed by atoms with van der Waals surface area (Å²) >= 11 is 0. The fraction of sp³-hybridized carbons (Fsp3) is 0.750. The minimum absolute atomic E-state index is 0.00926. The van der Waals surface area contributed by atoms with Crippen LogP contribution >= 0.6 is 0 Å². The second kappa shape index (κ2) is 1.80. The molecule has 0 amide bonds. The van der Waals surface area contributed by atoms with E-state index in [9.17, 15) is 0 Å². The Labute approximate surface area is 37.3 Å². The minimum atomic E-state index is 0.00926. The lowest BCUT2D eigenvalue weighted by Gasteiger charge is -1.88.